The molecule has 2 aromatic rings. The van der Waals surface area contributed by atoms with Crippen LogP contribution in [0.1, 0.15) is 22.0 Å². The lowest BCUT2D eigenvalue weighted by Crippen LogP contribution is -1.93. The number of aldehydes is 1. The molecule has 20 heavy (non-hydrogen) atoms. The van der Waals surface area contributed by atoms with Crippen LogP contribution in [0.15, 0.2) is 48.5 Å². The Labute approximate surface area is 127 Å². The maximum atomic E-state index is 10.1. The fraction of sp³-hybridized carbons (Fsp3) is 0.0667. The number of nitriles is 1. The first kappa shape index (κ1) is 16.2. The lowest BCUT2D eigenvalue weighted by Gasteiger charge is -2.02. The third kappa shape index (κ3) is 4.67. The number of aliphatic hydroxyl groups excluding tert-OH is 1. The number of nitrogens with zero attached hydrogens (tertiary/aromatic N) is 1. The molecule has 2 rings (SSSR count). The summed E-state index contributed by atoms with van der Waals surface area (Å²) in [7, 11) is 0. The number of halogens is 2. The molecule has 102 valence electrons. The fourth-order valence-corrected chi connectivity index (χ4v) is 1.76. The average Bonchev–Trinajstić information content (AvgIpc) is 2.48. The molecule has 3 nitrogen and oxygen atoms in total. The van der Waals surface area contributed by atoms with Crippen molar-refractivity contribution >= 4 is 29.5 Å². The zero-order valence-corrected chi connectivity index (χ0v) is 11.8. The van der Waals surface area contributed by atoms with Gasteiger partial charge in [-0.05, 0) is 12.1 Å². The van der Waals surface area contributed by atoms with E-state index in [4.69, 9.17) is 33.6 Å². The Morgan fingerprint density at radius 3 is 2.05 bits per heavy atom. The first-order valence-electron chi connectivity index (χ1n) is 5.62. The summed E-state index contributed by atoms with van der Waals surface area (Å²) in [5, 5.41) is 18.3. The SMILES string of the molecule is N#C[C@H](O)c1ccccc1Cl.O=Cc1ccccc1Cl. The topological polar surface area (TPSA) is 61.1 Å². The van der Waals surface area contributed by atoms with Crippen LogP contribution >= 0.6 is 23.2 Å². The van der Waals surface area contributed by atoms with E-state index in [0.717, 1.165) is 6.29 Å². The minimum Gasteiger partial charge on any atom is -0.374 e. The molecular formula is C15H11Cl2NO2. The second-order valence-corrected chi connectivity index (χ2v) is 4.51. The Morgan fingerprint density at radius 2 is 1.60 bits per heavy atom. The molecule has 0 saturated heterocycles. The Bertz CT molecular complexity index is 623. The van der Waals surface area contributed by atoms with Crippen molar-refractivity contribution in [3.8, 4) is 6.07 Å². The largest absolute Gasteiger partial charge is 0.374 e. The molecule has 0 saturated carbocycles. The van der Waals surface area contributed by atoms with E-state index in [2.05, 4.69) is 0 Å². The van der Waals surface area contributed by atoms with E-state index in [-0.39, 0.29) is 0 Å². The molecule has 1 N–H and O–H groups in total. The third-order valence-electron chi connectivity index (χ3n) is 2.35. The van der Waals surface area contributed by atoms with Gasteiger partial charge in [0.05, 0.1) is 11.1 Å². The number of carbonyl (C=O) groups is 1. The van der Waals surface area contributed by atoms with Gasteiger partial charge >= 0.3 is 0 Å². The highest BCUT2D eigenvalue weighted by Gasteiger charge is 2.07. The molecule has 0 aliphatic carbocycles. The smallest absolute Gasteiger partial charge is 0.167 e. The standard InChI is InChI=1S/C8H6ClNO.C7H5ClO/c9-7-4-2-1-3-6(7)8(11)5-10;8-7-4-2-1-3-6(7)5-9/h1-4,8,11H;1-5H/t8-;/m0./s1. The Kier molecular flexibility index (Phi) is 6.75. The van der Waals surface area contributed by atoms with Gasteiger partial charge in [0, 0.05) is 16.1 Å². The predicted molar refractivity (Wildman–Crippen MR) is 78.9 cm³/mol. The Morgan fingerprint density at radius 1 is 1.05 bits per heavy atom. The summed E-state index contributed by atoms with van der Waals surface area (Å²) in [5.41, 5.74) is 0.996. The summed E-state index contributed by atoms with van der Waals surface area (Å²) >= 11 is 11.3. The van der Waals surface area contributed by atoms with E-state index in [1.807, 2.05) is 0 Å². The molecule has 0 aromatic heterocycles. The van der Waals surface area contributed by atoms with Crippen molar-refractivity contribution < 1.29 is 9.90 Å². The number of carbonyl (C=O) groups excluding carboxylic acids is 1. The molecule has 0 fully saturated rings. The number of benzene rings is 2. The highest BCUT2D eigenvalue weighted by molar-refractivity contribution is 6.32. The summed E-state index contributed by atoms with van der Waals surface area (Å²) in [5.74, 6) is 0. The highest BCUT2D eigenvalue weighted by Crippen LogP contribution is 2.21. The molecule has 2 aromatic carbocycles. The number of hydrogen-bond donors (Lipinski definition) is 1. The van der Waals surface area contributed by atoms with Gasteiger partial charge in [0.15, 0.2) is 12.4 Å². The second kappa shape index (κ2) is 8.34. The van der Waals surface area contributed by atoms with Crippen molar-refractivity contribution in [2.24, 2.45) is 0 Å². The van der Waals surface area contributed by atoms with E-state index in [1.165, 1.54) is 0 Å². The van der Waals surface area contributed by atoms with Crippen molar-refractivity contribution in [2.45, 2.75) is 6.10 Å². The number of hydrogen-bond acceptors (Lipinski definition) is 3. The lowest BCUT2D eigenvalue weighted by atomic mass is 10.1. The van der Waals surface area contributed by atoms with E-state index < -0.39 is 6.10 Å². The van der Waals surface area contributed by atoms with Crippen LogP contribution in [-0.2, 0) is 0 Å². The quantitative estimate of drug-likeness (QED) is 0.672. The summed E-state index contributed by atoms with van der Waals surface area (Å²) in [6.07, 6.45) is -0.383. The Balaban J connectivity index is 0.000000204. The molecule has 0 bridgehead atoms. The zero-order chi connectivity index (χ0) is 15.0. The van der Waals surface area contributed by atoms with Gasteiger partial charge in [-0.15, -0.1) is 0 Å². The average molecular weight is 308 g/mol. The molecule has 0 amide bonds. The van der Waals surface area contributed by atoms with E-state index in [9.17, 15) is 4.79 Å². The minimum absolute atomic E-state index is 0.418. The molecule has 0 unspecified atom stereocenters. The van der Waals surface area contributed by atoms with Gasteiger partial charge in [-0.1, -0.05) is 59.6 Å². The molecule has 5 heteroatoms. The molecule has 0 aliphatic heterocycles. The van der Waals surface area contributed by atoms with Crippen LogP contribution in [0.3, 0.4) is 0 Å². The van der Waals surface area contributed by atoms with Crippen LogP contribution in [0, 0.1) is 11.3 Å². The van der Waals surface area contributed by atoms with Crippen molar-refractivity contribution in [2.75, 3.05) is 0 Å². The van der Waals surface area contributed by atoms with Crippen LogP contribution in [0.2, 0.25) is 10.0 Å². The van der Waals surface area contributed by atoms with Crippen molar-refractivity contribution in [3.05, 3.63) is 69.7 Å². The first-order valence-corrected chi connectivity index (χ1v) is 6.37. The van der Waals surface area contributed by atoms with E-state index in [0.29, 0.717) is 21.2 Å². The monoisotopic (exact) mass is 307 g/mol. The zero-order valence-electron chi connectivity index (χ0n) is 10.3. The van der Waals surface area contributed by atoms with Crippen molar-refractivity contribution in [1.82, 2.24) is 0 Å². The maximum absolute atomic E-state index is 10.1. The summed E-state index contributed by atoms with van der Waals surface area (Å²) in [6.45, 7) is 0. The predicted octanol–water partition coefficient (Wildman–Crippen LogP) is 4.05. The van der Waals surface area contributed by atoms with Crippen LogP contribution in [0.25, 0.3) is 0 Å². The third-order valence-corrected chi connectivity index (χ3v) is 3.04. The maximum Gasteiger partial charge on any atom is 0.167 e. The van der Waals surface area contributed by atoms with Crippen LogP contribution in [-0.4, -0.2) is 11.4 Å². The van der Waals surface area contributed by atoms with Gasteiger partial charge in [0.1, 0.15) is 0 Å². The molecular weight excluding hydrogens is 297 g/mol. The van der Waals surface area contributed by atoms with Crippen LogP contribution < -0.4 is 0 Å². The van der Waals surface area contributed by atoms with Gasteiger partial charge in [-0.25, -0.2) is 0 Å². The lowest BCUT2D eigenvalue weighted by molar-refractivity contribution is 0.112. The second-order valence-electron chi connectivity index (χ2n) is 3.69. The Hall–Kier alpha value is -1.86. The minimum atomic E-state index is -1.12. The van der Waals surface area contributed by atoms with Crippen molar-refractivity contribution in [1.29, 1.82) is 5.26 Å². The van der Waals surface area contributed by atoms with Gasteiger partial charge in [0.25, 0.3) is 0 Å². The highest BCUT2D eigenvalue weighted by atomic mass is 35.5. The van der Waals surface area contributed by atoms with Crippen LogP contribution in [0.4, 0.5) is 0 Å². The molecule has 0 radical (unpaired) electrons. The van der Waals surface area contributed by atoms with E-state index in [1.54, 1.807) is 54.6 Å². The molecule has 0 heterocycles. The summed E-state index contributed by atoms with van der Waals surface area (Å²) < 4.78 is 0. The van der Waals surface area contributed by atoms with Gasteiger partial charge in [-0.3, -0.25) is 4.79 Å². The van der Waals surface area contributed by atoms with Gasteiger partial charge in [0.2, 0.25) is 0 Å². The molecule has 1 atom stereocenters. The summed E-state index contributed by atoms with van der Waals surface area (Å²) in [4.78, 5) is 10.1. The first-order chi connectivity index (χ1) is 9.60. The summed E-state index contributed by atoms with van der Waals surface area (Å²) in [6, 6.07) is 15.3. The van der Waals surface area contributed by atoms with Gasteiger partial charge in [-0.2, -0.15) is 5.26 Å². The normalized spacial score (nSPS) is 10.7. The molecule has 0 aliphatic rings. The van der Waals surface area contributed by atoms with Gasteiger partial charge < -0.3 is 5.11 Å². The number of rotatable bonds is 2. The molecule has 0 spiro atoms. The van der Waals surface area contributed by atoms with E-state index >= 15 is 0 Å². The van der Waals surface area contributed by atoms with Crippen molar-refractivity contribution in [3.63, 3.8) is 0 Å². The number of aliphatic hydroxyl groups is 1. The van der Waals surface area contributed by atoms with Crippen LogP contribution in [0.5, 0.6) is 0 Å². The fourth-order valence-electron chi connectivity index (χ4n) is 1.34.